The van der Waals surface area contributed by atoms with Gasteiger partial charge < -0.3 is 19.4 Å². The molecule has 2 aromatic carbocycles. The van der Waals surface area contributed by atoms with Crippen molar-refractivity contribution < 1.29 is 23.1 Å². The Morgan fingerprint density at radius 3 is 2.93 bits per heavy atom. The standard InChI is InChI=1S/C21H17FN2O4/c1-3-8-24-16-10-14(5-7-18(16)27-11-19(24)25)23-21(26)20-12(2)15-9-13(22)4-6-17(15)28-20/h3-7,9-10H,1,8,11H2,2H3,(H,23,26). The molecule has 0 fully saturated rings. The van der Waals surface area contributed by atoms with Crippen molar-refractivity contribution in [2.24, 2.45) is 0 Å². The highest BCUT2D eigenvalue weighted by Gasteiger charge is 2.25. The Balaban J connectivity index is 1.65. The topological polar surface area (TPSA) is 71.8 Å². The zero-order valence-electron chi connectivity index (χ0n) is 15.1. The molecule has 3 aromatic rings. The van der Waals surface area contributed by atoms with Gasteiger partial charge >= 0.3 is 0 Å². The summed E-state index contributed by atoms with van der Waals surface area (Å²) in [7, 11) is 0. The summed E-state index contributed by atoms with van der Waals surface area (Å²) in [6.07, 6.45) is 1.62. The molecule has 0 bridgehead atoms. The highest BCUT2D eigenvalue weighted by atomic mass is 19.1. The number of halogens is 1. The van der Waals surface area contributed by atoms with Gasteiger partial charge in [0.25, 0.3) is 11.8 Å². The molecule has 0 radical (unpaired) electrons. The highest BCUT2D eigenvalue weighted by Crippen LogP contribution is 2.35. The van der Waals surface area contributed by atoms with E-state index in [0.717, 1.165) is 0 Å². The summed E-state index contributed by atoms with van der Waals surface area (Å²) in [5, 5.41) is 3.30. The Labute approximate surface area is 160 Å². The first-order chi connectivity index (χ1) is 13.5. The van der Waals surface area contributed by atoms with Crippen LogP contribution in [0.15, 0.2) is 53.5 Å². The zero-order chi connectivity index (χ0) is 19.8. The van der Waals surface area contributed by atoms with Crippen LogP contribution >= 0.6 is 0 Å². The van der Waals surface area contributed by atoms with Crippen molar-refractivity contribution in [3.05, 3.63) is 66.2 Å². The van der Waals surface area contributed by atoms with Crippen LogP contribution in [0.2, 0.25) is 0 Å². The molecule has 142 valence electrons. The Kier molecular flexibility index (Phi) is 4.35. The maximum absolute atomic E-state index is 13.5. The molecular weight excluding hydrogens is 363 g/mol. The summed E-state index contributed by atoms with van der Waals surface area (Å²) in [5.41, 5.74) is 2.02. The minimum atomic E-state index is -0.465. The quantitative estimate of drug-likeness (QED) is 0.694. The summed E-state index contributed by atoms with van der Waals surface area (Å²) in [4.78, 5) is 26.3. The Morgan fingerprint density at radius 1 is 1.32 bits per heavy atom. The smallest absolute Gasteiger partial charge is 0.291 e. The van der Waals surface area contributed by atoms with Crippen LogP contribution in [0.5, 0.6) is 5.75 Å². The molecule has 6 nitrogen and oxygen atoms in total. The first-order valence-electron chi connectivity index (χ1n) is 8.66. The minimum Gasteiger partial charge on any atom is -0.482 e. The van der Waals surface area contributed by atoms with Gasteiger partial charge in [-0.25, -0.2) is 4.39 Å². The van der Waals surface area contributed by atoms with Crippen LogP contribution < -0.4 is 15.0 Å². The normalized spacial score (nSPS) is 13.2. The number of aryl methyl sites for hydroxylation is 1. The zero-order valence-corrected chi connectivity index (χ0v) is 15.1. The lowest BCUT2D eigenvalue weighted by Gasteiger charge is -2.28. The van der Waals surface area contributed by atoms with Crippen LogP contribution in [0.25, 0.3) is 11.0 Å². The van der Waals surface area contributed by atoms with Crippen molar-refractivity contribution in [2.75, 3.05) is 23.4 Å². The maximum atomic E-state index is 13.5. The van der Waals surface area contributed by atoms with Crippen molar-refractivity contribution in [3.8, 4) is 5.75 Å². The molecule has 0 atom stereocenters. The second kappa shape index (κ2) is 6.84. The molecule has 2 amide bonds. The van der Waals surface area contributed by atoms with E-state index >= 15 is 0 Å². The predicted octanol–water partition coefficient (Wildman–Crippen LogP) is 4.04. The molecule has 1 N–H and O–H groups in total. The molecule has 1 aromatic heterocycles. The SMILES string of the molecule is C=CCN1C(=O)COc2ccc(NC(=O)c3oc4ccc(F)cc4c3C)cc21. The molecule has 28 heavy (non-hydrogen) atoms. The van der Waals surface area contributed by atoms with Gasteiger partial charge in [0.15, 0.2) is 12.4 Å². The number of furan rings is 1. The fraction of sp³-hybridized carbons (Fsp3) is 0.143. The van der Waals surface area contributed by atoms with Gasteiger partial charge in [-0.3, -0.25) is 9.59 Å². The molecule has 0 saturated heterocycles. The predicted molar refractivity (Wildman–Crippen MR) is 103 cm³/mol. The van der Waals surface area contributed by atoms with Gasteiger partial charge in [0.05, 0.1) is 5.69 Å². The van der Waals surface area contributed by atoms with Crippen molar-refractivity contribution >= 4 is 34.2 Å². The molecule has 0 saturated carbocycles. The fourth-order valence-electron chi connectivity index (χ4n) is 3.21. The number of hydrogen-bond donors (Lipinski definition) is 1. The summed E-state index contributed by atoms with van der Waals surface area (Å²) in [6, 6.07) is 9.13. The van der Waals surface area contributed by atoms with Crippen molar-refractivity contribution in [1.29, 1.82) is 0 Å². The van der Waals surface area contributed by atoms with Crippen molar-refractivity contribution in [3.63, 3.8) is 0 Å². The van der Waals surface area contributed by atoms with E-state index in [1.807, 2.05) is 0 Å². The lowest BCUT2D eigenvalue weighted by atomic mass is 10.1. The molecular formula is C21H17FN2O4. The average molecular weight is 380 g/mol. The van der Waals surface area contributed by atoms with Crippen LogP contribution in [0.1, 0.15) is 16.1 Å². The van der Waals surface area contributed by atoms with E-state index in [4.69, 9.17) is 9.15 Å². The third-order valence-corrected chi connectivity index (χ3v) is 4.58. The van der Waals surface area contributed by atoms with Gasteiger partial charge in [-0.05, 0) is 43.3 Å². The number of nitrogens with zero attached hydrogens (tertiary/aromatic N) is 1. The Hall–Kier alpha value is -3.61. The fourth-order valence-corrected chi connectivity index (χ4v) is 3.21. The second-order valence-electron chi connectivity index (χ2n) is 6.41. The Morgan fingerprint density at radius 2 is 2.14 bits per heavy atom. The molecule has 0 spiro atoms. The number of carbonyl (C=O) groups excluding carboxylic acids is 2. The van der Waals surface area contributed by atoms with E-state index in [2.05, 4.69) is 11.9 Å². The average Bonchev–Trinajstić information content (AvgIpc) is 3.00. The number of amides is 2. The maximum Gasteiger partial charge on any atom is 0.291 e. The summed E-state index contributed by atoms with van der Waals surface area (Å²) in [6.45, 7) is 5.66. The summed E-state index contributed by atoms with van der Waals surface area (Å²) in [5.74, 6) is -0.396. The lowest BCUT2D eigenvalue weighted by molar-refractivity contribution is -0.121. The van der Waals surface area contributed by atoms with Crippen LogP contribution in [-0.2, 0) is 4.79 Å². The number of nitrogens with one attached hydrogen (secondary N) is 1. The van der Waals surface area contributed by atoms with Crippen molar-refractivity contribution in [2.45, 2.75) is 6.92 Å². The third kappa shape index (κ3) is 3.00. The summed E-state index contributed by atoms with van der Waals surface area (Å²) < 4.78 is 24.5. The molecule has 2 heterocycles. The van der Waals surface area contributed by atoms with E-state index in [-0.39, 0.29) is 18.3 Å². The number of rotatable bonds is 4. The molecule has 0 aliphatic carbocycles. The van der Waals surface area contributed by atoms with E-state index in [0.29, 0.717) is 40.2 Å². The van der Waals surface area contributed by atoms with E-state index in [9.17, 15) is 14.0 Å². The van der Waals surface area contributed by atoms with Gasteiger partial charge in [-0.15, -0.1) is 6.58 Å². The monoisotopic (exact) mass is 380 g/mol. The molecule has 4 rings (SSSR count). The van der Waals surface area contributed by atoms with Gasteiger partial charge in [-0.2, -0.15) is 0 Å². The number of fused-ring (bicyclic) bond motifs is 2. The number of anilines is 2. The molecule has 7 heteroatoms. The molecule has 1 aliphatic rings. The number of benzene rings is 2. The third-order valence-electron chi connectivity index (χ3n) is 4.58. The van der Waals surface area contributed by atoms with Crippen LogP contribution in [0.3, 0.4) is 0 Å². The summed E-state index contributed by atoms with van der Waals surface area (Å²) >= 11 is 0. The Bertz CT molecular complexity index is 1120. The van der Waals surface area contributed by atoms with E-state index in [1.54, 1.807) is 31.2 Å². The largest absolute Gasteiger partial charge is 0.482 e. The van der Waals surface area contributed by atoms with Gasteiger partial charge in [0.2, 0.25) is 0 Å². The van der Waals surface area contributed by atoms with E-state index in [1.165, 1.54) is 23.1 Å². The minimum absolute atomic E-state index is 0.0404. The number of hydrogen-bond acceptors (Lipinski definition) is 4. The lowest BCUT2D eigenvalue weighted by Crippen LogP contribution is -2.38. The van der Waals surface area contributed by atoms with Gasteiger partial charge in [0, 0.05) is 23.2 Å². The van der Waals surface area contributed by atoms with Gasteiger partial charge in [-0.1, -0.05) is 6.08 Å². The highest BCUT2D eigenvalue weighted by molar-refractivity contribution is 6.07. The van der Waals surface area contributed by atoms with Gasteiger partial charge in [0.1, 0.15) is 17.1 Å². The number of ether oxygens (including phenoxy) is 1. The number of carbonyl (C=O) groups is 2. The molecule has 1 aliphatic heterocycles. The first-order valence-corrected chi connectivity index (χ1v) is 8.66. The second-order valence-corrected chi connectivity index (χ2v) is 6.41. The van der Waals surface area contributed by atoms with Crippen LogP contribution in [0.4, 0.5) is 15.8 Å². The molecule has 0 unspecified atom stereocenters. The first kappa shape index (κ1) is 17.8. The van der Waals surface area contributed by atoms with E-state index < -0.39 is 11.7 Å². The van der Waals surface area contributed by atoms with Crippen LogP contribution in [0, 0.1) is 12.7 Å². The van der Waals surface area contributed by atoms with Crippen molar-refractivity contribution in [1.82, 2.24) is 0 Å². The van der Waals surface area contributed by atoms with Crippen LogP contribution in [-0.4, -0.2) is 25.0 Å².